The van der Waals surface area contributed by atoms with Crippen LogP contribution in [0.5, 0.6) is 5.75 Å². The maximum atomic E-state index is 12.0. The molecule has 0 bridgehead atoms. The minimum Gasteiger partial charge on any atom is -0.508 e. The van der Waals surface area contributed by atoms with Crippen LogP contribution in [0.1, 0.15) is 30.2 Å². The van der Waals surface area contributed by atoms with Crippen LogP contribution in [-0.4, -0.2) is 20.8 Å². The zero-order valence-electron chi connectivity index (χ0n) is 10.8. The molecule has 1 aromatic carbocycles. The molecule has 1 aromatic heterocycles. The molecule has 0 saturated heterocycles. The van der Waals surface area contributed by atoms with Crippen molar-refractivity contribution >= 4 is 17.3 Å². The number of carbonyl (C=O) groups excluding carboxylic acids is 1. The second kappa shape index (κ2) is 5.01. The summed E-state index contributed by atoms with van der Waals surface area (Å²) in [5.74, 6) is -0.381. The third-order valence-corrected chi connectivity index (χ3v) is 2.67. The van der Waals surface area contributed by atoms with E-state index in [1.54, 1.807) is 17.1 Å². The molecule has 19 heavy (non-hydrogen) atoms. The molecule has 0 saturated carbocycles. The maximum absolute atomic E-state index is 12.0. The first-order valence-corrected chi connectivity index (χ1v) is 5.91. The molecule has 0 aliphatic rings. The van der Waals surface area contributed by atoms with Crippen molar-refractivity contribution in [1.29, 1.82) is 0 Å². The number of phenolic OH excluding ortho intramolecular Hbond substituents is 1. The van der Waals surface area contributed by atoms with Crippen molar-refractivity contribution in [2.75, 3.05) is 11.1 Å². The van der Waals surface area contributed by atoms with Crippen molar-refractivity contribution in [3.05, 3.63) is 36.2 Å². The first-order chi connectivity index (χ1) is 8.97. The SMILES string of the molecule is CC(C)n1cc(NC(=O)c2cc(O)ccc2N)cn1. The van der Waals surface area contributed by atoms with Crippen LogP contribution in [-0.2, 0) is 0 Å². The summed E-state index contributed by atoms with van der Waals surface area (Å²) in [4.78, 5) is 12.0. The summed E-state index contributed by atoms with van der Waals surface area (Å²) < 4.78 is 1.74. The zero-order valence-corrected chi connectivity index (χ0v) is 10.8. The molecule has 0 radical (unpaired) electrons. The van der Waals surface area contributed by atoms with E-state index in [1.165, 1.54) is 18.2 Å². The molecule has 0 spiro atoms. The Labute approximate surface area is 110 Å². The fourth-order valence-electron chi connectivity index (χ4n) is 1.62. The van der Waals surface area contributed by atoms with Crippen LogP contribution in [0.25, 0.3) is 0 Å². The van der Waals surface area contributed by atoms with Crippen LogP contribution in [0.3, 0.4) is 0 Å². The Kier molecular flexibility index (Phi) is 3.41. The molecule has 0 aliphatic carbocycles. The van der Waals surface area contributed by atoms with Gasteiger partial charge in [0.05, 0.1) is 17.4 Å². The van der Waals surface area contributed by atoms with E-state index in [4.69, 9.17) is 5.73 Å². The Hall–Kier alpha value is -2.50. The highest BCUT2D eigenvalue weighted by atomic mass is 16.3. The number of benzene rings is 1. The van der Waals surface area contributed by atoms with E-state index < -0.39 is 0 Å². The lowest BCUT2D eigenvalue weighted by Crippen LogP contribution is -2.13. The van der Waals surface area contributed by atoms with Gasteiger partial charge in [0.1, 0.15) is 5.75 Å². The fourth-order valence-corrected chi connectivity index (χ4v) is 1.62. The number of carbonyl (C=O) groups is 1. The molecule has 4 N–H and O–H groups in total. The van der Waals surface area contributed by atoms with Gasteiger partial charge in [-0.2, -0.15) is 5.10 Å². The average molecular weight is 260 g/mol. The van der Waals surface area contributed by atoms with Crippen molar-refractivity contribution in [3.8, 4) is 5.75 Å². The molecular weight excluding hydrogens is 244 g/mol. The molecule has 1 heterocycles. The number of amides is 1. The number of nitrogens with zero attached hydrogens (tertiary/aromatic N) is 2. The van der Waals surface area contributed by atoms with Gasteiger partial charge in [-0.25, -0.2) is 0 Å². The van der Waals surface area contributed by atoms with E-state index in [9.17, 15) is 9.90 Å². The molecule has 0 unspecified atom stereocenters. The number of nitrogens with one attached hydrogen (secondary N) is 1. The van der Waals surface area contributed by atoms with Gasteiger partial charge in [-0.05, 0) is 32.0 Å². The van der Waals surface area contributed by atoms with Crippen LogP contribution >= 0.6 is 0 Å². The number of phenols is 1. The van der Waals surface area contributed by atoms with Crippen LogP contribution in [0.2, 0.25) is 0 Å². The number of aromatic nitrogens is 2. The zero-order chi connectivity index (χ0) is 14.0. The largest absolute Gasteiger partial charge is 0.508 e. The first-order valence-electron chi connectivity index (χ1n) is 5.91. The number of nitrogens with two attached hydrogens (primary N) is 1. The number of anilines is 2. The van der Waals surface area contributed by atoms with Gasteiger partial charge in [0.25, 0.3) is 5.91 Å². The van der Waals surface area contributed by atoms with Crippen molar-refractivity contribution in [3.63, 3.8) is 0 Å². The van der Waals surface area contributed by atoms with Crippen molar-refractivity contribution in [1.82, 2.24) is 9.78 Å². The van der Waals surface area contributed by atoms with Gasteiger partial charge in [-0.1, -0.05) is 0 Å². The van der Waals surface area contributed by atoms with E-state index in [0.29, 0.717) is 11.4 Å². The van der Waals surface area contributed by atoms with Crippen LogP contribution in [0.15, 0.2) is 30.6 Å². The molecule has 6 heteroatoms. The third kappa shape index (κ3) is 2.85. The Morgan fingerprint density at radius 2 is 2.21 bits per heavy atom. The van der Waals surface area contributed by atoms with E-state index in [2.05, 4.69) is 10.4 Å². The fraction of sp³-hybridized carbons (Fsp3) is 0.231. The van der Waals surface area contributed by atoms with E-state index in [1.807, 2.05) is 13.8 Å². The molecule has 1 amide bonds. The van der Waals surface area contributed by atoms with Crippen LogP contribution < -0.4 is 11.1 Å². The standard InChI is InChI=1S/C13H16N4O2/c1-8(2)17-7-9(6-15-17)16-13(19)11-5-10(18)3-4-12(11)14/h3-8,18H,14H2,1-2H3,(H,16,19). The number of rotatable bonds is 3. The molecule has 2 aromatic rings. The lowest BCUT2D eigenvalue weighted by molar-refractivity contribution is 0.102. The Bertz CT molecular complexity index is 604. The van der Waals surface area contributed by atoms with Crippen LogP contribution in [0.4, 0.5) is 11.4 Å². The maximum Gasteiger partial charge on any atom is 0.257 e. The lowest BCUT2D eigenvalue weighted by Gasteiger charge is -2.06. The number of aromatic hydroxyl groups is 1. The van der Waals surface area contributed by atoms with Gasteiger partial charge in [0.2, 0.25) is 0 Å². The van der Waals surface area contributed by atoms with Gasteiger partial charge >= 0.3 is 0 Å². The molecule has 2 rings (SSSR count). The molecule has 0 atom stereocenters. The van der Waals surface area contributed by atoms with E-state index >= 15 is 0 Å². The quantitative estimate of drug-likeness (QED) is 0.581. The van der Waals surface area contributed by atoms with E-state index in [-0.39, 0.29) is 23.3 Å². The normalized spacial score (nSPS) is 10.7. The van der Waals surface area contributed by atoms with Gasteiger partial charge in [0, 0.05) is 17.9 Å². The molecule has 0 fully saturated rings. The minimum atomic E-state index is -0.378. The summed E-state index contributed by atoms with van der Waals surface area (Å²) >= 11 is 0. The molecular formula is C13H16N4O2. The third-order valence-electron chi connectivity index (χ3n) is 2.67. The predicted molar refractivity (Wildman–Crippen MR) is 73.1 cm³/mol. The van der Waals surface area contributed by atoms with Crippen molar-refractivity contribution in [2.24, 2.45) is 0 Å². The number of hydrogen-bond acceptors (Lipinski definition) is 4. The smallest absolute Gasteiger partial charge is 0.257 e. The predicted octanol–water partition coefficient (Wildman–Crippen LogP) is 2.00. The highest BCUT2D eigenvalue weighted by Gasteiger charge is 2.12. The second-order valence-electron chi connectivity index (χ2n) is 4.53. The molecule has 6 nitrogen and oxygen atoms in total. The summed E-state index contributed by atoms with van der Waals surface area (Å²) in [7, 11) is 0. The minimum absolute atomic E-state index is 0.00257. The van der Waals surface area contributed by atoms with Gasteiger partial charge < -0.3 is 16.2 Å². The first kappa shape index (κ1) is 12.9. The molecule has 100 valence electrons. The highest BCUT2D eigenvalue weighted by Crippen LogP contribution is 2.20. The van der Waals surface area contributed by atoms with Crippen molar-refractivity contribution in [2.45, 2.75) is 19.9 Å². The van der Waals surface area contributed by atoms with Gasteiger partial charge in [-0.15, -0.1) is 0 Å². The van der Waals surface area contributed by atoms with Crippen LogP contribution in [0, 0.1) is 0 Å². The summed E-state index contributed by atoms with van der Waals surface area (Å²) in [6.45, 7) is 3.98. The topological polar surface area (TPSA) is 93.2 Å². The Morgan fingerprint density at radius 1 is 1.47 bits per heavy atom. The number of nitrogen functional groups attached to an aromatic ring is 1. The highest BCUT2D eigenvalue weighted by molar-refractivity contribution is 6.07. The summed E-state index contributed by atoms with van der Waals surface area (Å²) in [5, 5.41) is 16.2. The Morgan fingerprint density at radius 3 is 2.84 bits per heavy atom. The van der Waals surface area contributed by atoms with E-state index in [0.717, 1.165) is 0 Å². The second-order valence-corrected chi connectivity index (χ2v) is 4.53. The summed E-state index contributed by atoms with van der Waals surface area (Å²) in [6, 6.07) is 4.47. The molecule has 0 aliphatic heterocycles. The van der Waals surface area contributed by atoms with Gasteiger partial charge in [-0.3, -0.25) is 9.48 Å². The lowest BCUT2D eigenvalue weighted by atomic mass is 10.1. The summed E-state index contributed by atoms with van der Waals surface area (Å²) in [6.07, 6.45) is 3.30. The van der Waals surface area contributed by atoms with Crippen molar-refractivity contribution < 1.29 is 9.90 Å². The Balaban J connectivity index is 2.18. The van der Waals surface area contributed by atoms with Gasteiger partial charge in [0.15, 0.2) is 0 Å². The average Bonchev–Trinajstić information content (AvgIpc) is 2.80. The number of hydrogen-bond donors (Lipinski definition) is 3. The summed E-state index contributed by atoms with van der Waals surface area (Å²) in [5.41, 5.74) is 6.83. The monoisotopic (exact) mass is 260 g/mol.